The molecule has 1 aliphatic carbocycles. The highest BCUT2D eigenvalue weighted by Crippen LogP contribution is 2.44. The SMILES string of the molecule is COC(=O)[C@]12C[C@@H](CCC1C(=O)c1ccc(C)cn1)N2. The molecule has 0 aromatic carbocycles. The summed E-state index contributed by atoms with van der Waals surface area (Å²) in [6.07, 6.45) is 3.99. The van der Waals surface area contributed by atoms with E-state index in [9.17, 15) is 9.59 Å². The van der Waals surface area contributed by atoms with Crippen molar-refractivity contribution in [1.29, 1.82) is 0 Å². The van der Waals surface area contributed by atoms with Crippen LogP contribution in [0.5, 0.6) is 0 Å². The third-order valence-electron chi connectivity index (χ3n) is 4.46. The lowest BCUT2D eigenvalue weighted by Gasteiger charge is -2.55. The highest BCUT2D eigenvalue weighted by molar-refractivity contribution is 6.01. The van der Waals surface area contributed by atoms with Crippen LogP contribution in [0.3, 0.4) is 0 Å². The second-order valence-corrected chi connectivity index (χ2v) is 5.72. The summed E-state index contributed by atoms with van der Waals surface area (Å²) >= 11 is 0. The summed E-state index contributed by atoms with van der Waals surface area (Å²) in [6, 6.07) is 3.93. The molecule has 1 N–H and O–H groups in total. The Bertz CT molecular complexity index is 547. The van der Waals surface area contributed by atoms with Crippen molar-refractivity contribution in [2.75, 3.05) is 7.11 Å². The molecule has 0 spiro atoms. The number of methoxy groups -OCH3 is 1. The highest BCUT2D eigenvalue weighted by atomic mass is 16.5. The van der Waals surface area contributed by atoms with Gasteiger partial charge in [0.15, 0.2) is 5.78 Å². The normalized spacial score (nSPS) is 31.3. The lowest BCUT2D eigenvalue weighted by Crippen LogP contribution is -2.75. The quantitative estimate of drug-likeness (QED) is 0.664. The molecule has 0 amide bonds. The number of nitrogens with one attached hydrogen (secondary N) is 1. The van der Waals surface area contributed by atoms with Gasteiger partial charge in [-0.15, -0.1) is 0 Å². The average Bonchev–Trinajstić information content (AvgIpc) is 2.45. The Balaban J connectivity index is 1.89. The molecule has 0 radical (unpaired) electrons. The first-order valence-electron chi connectivity index (χ1n) is 6.90. The van der Waals surface area contributed by atoms with Crippen molar-refractivity contribution in [1.82, 2.24) is 10.3 Å². The van der Waals surface area contributed by atoms with Crippen molar-refractivity contribution < 1.29 is 14.3 Å². The number of hydrogen-bond donors (Lipinski definition) is 1. The zero-order chi connectivity index (χ0) is 14.3. The lowest BCUT2D eigenvalue weighted by atomic mass is 9.62. The summed E-state index contributed by atoms with van der Waals surface area (Å²) in [5, 5.41) is 3.23. The third kappa shape index (κ3) is 1.85. The van der Waals surface area contributed by atoms with E-state index in [-0.39, 0.29) is 17.7 Å². The predicted molar refractivity (Wildman–Crippen MR) is 72.3 cm³/mol. The van der Waals surface area contributed by atoms with Crippen molar-refractivity contribution >= 4 is 11.8 Å². The number of ether oxygens (including phenoxy) is 1. The second-order valence-electron chi connectivity index (χ2n) is 5.72. The van der Waals surface area contributed by atoms with E-state index in [0.29, 0.717) is 24.6 Å². The molecule has 2 aliphatic heterocycles. The zero-order valence-electron chi connectivity index (χ0n) is 11.7. The van der Waals surface area contributed by atoms with Crippen LogP contribution < -0.4 is 5.32 Å². The zero-order valence-corrected chi connectivity index (χ0v) is 11.7. The van der Waals surface area contributed by atoms with Crippen molar-refractivity contribution in [3.05, 3.63) is 29.6 Å². The molecule has 1 saturated carbocycles. The summed E-state index contributed by atoms with van der Waals surface area (Å²) < 4.78 is 4.89. The van der Waals surface area contributed by atoms with Gasteiger partial charge in [0.2, 0.25) is 0 Å². The maximum absolute atomic E-state index is 12.7. The van der Waals surface area contributed by atoms with Crippen LogP contribution in [-0.4, -0.2) is 35.4 Å². The van der Waals surface area contributed by atoms with Crippen LogP contribution in [-0.2, 0) is 9.53 Å². The second kappa shape index (κ2) is 4.66. The fourth-order valence-corrected chi connectivity index (χ4v) is 3.38. The first-order chi connectivity index (χ1) is 9.56. The van der Waals surface area contributed by atoms with Crippen LogP contribution in [0.4, 0.5) is 0 Å². The molecule has 1 aromatic heterocycles. The molecule has 3 heterocycles. The summed E-state index contributed by atoms with van der Waals surface area (Å²) in [5.74, 6) is -0.782. The van der Waals surface area contributed by atoms with Crippen molar-refractivity contribution in [2.24, 2.45) is 5.92 Å². The molecule has 2 bridgehead atoms. The van der Waals surface area contributed by atoms with E-state index in [4.69, 9.17) is 4.74 Å². The largest absolute Gasteiger partial charge is 0.468 e. The maximum Gasteiger partial charge on any atom is 0.326 e. The van der Waals surface area contributed by atoms with E-state index in [1.165, 1.54) is 7.11 Å². The van der Waals surface area contributed by atoms with E-state index in [0.717, 1.165) is 12.0 Å². The number of pyridine rings is 1. The van der Waals surface area contributed by atoms with Gasteiger partial charge in [-0.1, -0.05) is 6.07 Å². The fourth-order valence-electron chi connectivity index (χ4n) is 3.38. The number of aryl methyl sites for hydroxylation is 1. The Labute approximate surface area is 117 Å². The van der Waals surface area contributed by atoms with Gasteiger partial charge in [0.25, 0.3) is 0 Å². The number of carbonyl (C=O) groups is 2. The van der Waals surface area contributed by atoms with E-state index < -0.39 is 5.54 Å². The van der Waals surface area contributed by atoms with Gasteiger partial charge >= 0.3 is 5.97 Å². The van der Waals surface area contributed by atoms with Gasteiger partial charge in [0.1, 0.15) is 11.2 Å². The number of nitrogens with zero attached hydrogens (tertiary/aromatic N) is 1. The van der Waals surface area contributed by atoms with Gasteiger partial charge in [-0.2, -0.15) is 0 Å². The number of ketones is 1. The molecule has 5 heteroatoms. The van der Waals surface area contributed by atoms with E-state index in [1.54, 1.807) is 12.3 Å². The van der Waals surface area contributed by atoms with Gasteiger partial charge < -0.3 is 4.74 Å². The number of esters is 1. The molecule has 3 atom stereocenters. The summed E-state index contributed by atoms with van der Waals surface area (Å²) in [5.41, 5.74) is 0.604. The van der Waals surface area contributed by atoms with Crippen LogP contribution in [0.2, 0.25) is 0 Å². The van der Waals surface area contributed by atoms with Crippen molar-refractivity contribution in [3.8, 4) is 0 Å². The smallest absolute Gasteiger partial charge is 0.326 e. The number of Topliss-reactive ketones (excluding diaryl/α,β-unsaturated/α-hetero) is 1. The molecule has 106 valence electrons. The maximum atomic E-state index is 12.7. The molecular weight excluding hydrogens is 256 g/mol. The topological polar surface area (TPSA) is 68.3 Å². The highest BCUT2D eigenvalue weighted by Gasteiger charge is 2.61. The van der Waals surface area contributed by atoms with E-state index >= 15 is 0 Å². The van der Waals surface area contributed by atoms with E-state index in [1.807, 2.05) is 13.0 Å². The Kier molecular flexibility index (Phi) is 3.09. The number of aromatic nitrogens is 1. The number of piperidine rings is 1. The Morgan fingerprint density at radius 2 is 2.15 bits per heavy atom. The third-order valence-corrected chi connectivity index (χ3v) is 4.46. The van der Waals surface area contributed by atoms with Gasteiger partial charge in [-0.25, -0.2) is 0 Å². The minimum Gasteiger partial charge on any atom is -0.468 e. The minimum absolute atomic E-state index is 0.0685. The van der Waals surface area contributed by atoms with Gasteiger partial charge in [-0.3, -0.25) is 19.9 Å². The average molecular weight is 274 g/mol. The lowest BCUT2D eigenvalue weighted by molar-refractivity contribution is -0.160. The first kappa shape index (κ1) is 13.2. The molecule has 3 aliphatic rings. The van der Waals surface area contributed by atoms with Crippen LogP contribution in [0.1, 0.15) is 35.3 Å². The number of hydrogen-bond acceptors (Lipinski definition) is 5. The Morgan fingerprint density at radius 1 is 1.40 bits per heavy atom. The summed E-state index contributed by atoms with van der Waals surface area (Å²) in [6.45, 7) is 1.93. The standard InChI is InChI=1S/C15H18N2O3/c1-9-3-6-12(16-8-9)13(18)11-5-4-10-7-15(11,17-10)14(19)20-2/h3,6,8,10-11,17H,4-5,7H2,1-2H3/t10-,11?,15+/m1/s1. The minimum atomic E-state index is -0.832. The molecule has 20 heavy (non-hydrogen) atoms. The Hall–Kier alpha value is -1.75. The first-order valence-corrected chi connectivity index (χ1v) is 6.90. The van der Waals surface area contributed by atoms with Gasteiger partial charge in [0, 0.05) is 12.2 Å². The van der Waals surface area contributed by atoms with E-state index in [2.05, 4.69) is 10.3 Å². The molecule has 5 nitrogen and oxygen atoms in total. The van der Waals surface area contributed by atoms with Crippen molar-refractivity contribution in [2.45, 2.75) is 37.8 Å². The summed E-state index contributed by atoms with van der Waals surface area (Å²) in [4.78, 5) is 28.9. The molecule has 2 saturated heterocycles. The van der Waals surface area contributed by atoms with Gasteiger partial charge in [0.05, 0.1) is 13.0 Å². The number of fused-ring (bicyclic) bond motifs is 2. The fraction of sp³-hybridized carbons (Fsp3) is 0.533. The number of rotatable bonds is 3. The predicted octanol–water partition coefficient (Wildman–Crippen LogP) is 1.26. The Morgan fingerprint density at radius 3 is 2.75 bits per heavy atom. The summed E-state index contributed by atoms with van der Waals surface area (Å²) in [7, 11) is 1.37. The van der Waals surface area contributed by atoms with Crippen LogP contribution in [0, 0.1) is 12.8 Å². The molecular formula is C15H18N2O3. The van der Waals surface area contributed by atoms with Crippen LogP contribution in [0.25, 0.3) is 0 Å². The van der Waals surface area contributed by atoms with Gasteiger partial charge in [-0.05, 0) is 37.8 Å². The molecule has 4 rings (SSSR count). The van der Waals surface area contributed by atoms with Crippen LogP contribution >= 0.6 is 0 Å². The van der Waals surface area contributed by atoms with Crippen LogP contribution in [0.15, 0.2) is 18.3 Å². The molecule has 1 unspecified atom stereocenters. The van der Waals surface area contributed by atoms with Crippen molar-refractivity contribution in [3.63, 3.8) is 0 Å². The monoisotopic (exact) mass is 274 g/mol. The molecule has 3 fully saturated rings. The molecule has 1 aromatic rings. The number of carbonyl (C=O) groups excluding carboxylic acids is 2.